The summed E-state index contributed by atoms with van der Waals surface area (Å²) in [4.78, 5) is 26.0. The van der Waals surface area contributed by atoms with Gasteiger partial charge in [-0.05, 0) is 50.2 Å². The first-order valence-corrected chi connectivity index (χ1v) is 9.58. The van der Waals surface area contributed by atoms with Gasteiger partial charge in [0, 0.05) is 45.3 Å². The van der Waals surface area contributed by atoms with E-state index in [1.807, 2.05) is 11.0 Å². The van der Waals surface area contributed by atoms with Crippen molar-refractivity contribution < 1.29 is 9.59 Å². The third-order valence-corrected chi connectivity index (χ3v) is 6.32. The molecule has 1 aromatic heterocycles. The van der Waals surface area contributed by atoms with Crippen LogP contribution < -0.4 is 10.6 Å². The van der Waals surface area contributed by atoms with Crippen molar-refractivity contribution in [1.82, 2.24) is 20.1 Å². The van der Waals surface area contributed by atoms with Gasteiger partial charge in [0.1, 0.15) is 5.69 Å². The molecule has 2 amide bonds. The van der Waals surface area contributed by atoms with Gasteiger partial charge in [-0.15, -0.1) is 0 Å². The van der Waals surface area contributed by atoms with Crippen LogP contribution in [0.5, 0.6) is 0 Å². The number of likely N-dealkylation sites (tertiary alicyclic amines) is 1. The number of aromatic nitrogens is 1. The number of piperidine rings is 1. The van der Waals surface area contributed by atoms with Crippen molar-refractivity contribution in [2.24, 2.45) is 5.92 Å². The van der Waals surface area contributed by atoms with E-state index in [9.17, 15) is 9.59 Å². The Morgan fingerprint density at radius 2 is 2.00 bits per heavy atom. The van der Waals surface area contributed by atoms with Gasteiger partial charge in [0.05, 0.1) is 5.54 Å². The number of hydrogen-bond acceptors (Lipinski definition) is 3. The molecule has 1 spiro atoms. The minimum Gasteiger partial charge on any atom is -0.350 e. The lowest BCUT2D eigenvalue weighted by atomic mass is 9.73. The number of fused-ring (bicyclic) bond motifs is 2. The molecule has 0 radical (unpaired) electrons. The summed E-state index contributed by atoms with van der Waals surface area (Å²) in [6.07, 6.45) is 5.55. The summed E-state index contributed by atoms with van der Waals surface area (Å²) < 4.78 is 2.21. The van der Waals surface area contributed by atoms with Gasteiger partial charge < -0.3 is 20.1 Å². The van der Waals surface area contributed by atoms with Gasteiger partial charge in [0.25, 0.3) is 5.91 Å². The molecule has 0 bridgehead atoms. The molecule has 6 heteroatoms. The Bertz CT molecular complexity index is 669. The summed E-state index contributed by atoms with van der Waals surface area (Å²) in [7, 11) is 0. The second-order valence-corrected chi connectivity index (χ2v) is 7.78. The van der Waals surface area contributed by atoms with Crippen LogP contribution in [-0.2, 0) is 16.9 Å². The quantitative estimate of drug-likeness (QED) is 0.872. The fraction of sp³-hybridized carbons (Fsp3) is 0.684. The van der Waals surface area contributed by atoms with Crippen LogP contribution in [-0.4, -0.2) is 47.5 Å². The molecule has 25 heavy (non-hydrogen) atoms. The van der Waals surface area contributed by atoms with Gasteiger partial charge in [0.2, 0.25) is 5.91 Å². The Labute approximate surface area is 148 Å². The van der Waals surface area contributed by atoms with E-state index >= 15 is 0 Å². The van der Waals surface area contributed by atoms with Gasteiger partial charge >= 0.3 is 0 Å². The molecular weight excluding hydrogens is 316 g/mol. The Morgan fingerprint density at radius 3 is 2.64 bits per heavy atom. The fourth-order valence-corrected chi connectivity index (χ4v) is 4.56. The summed E-state index contributed by atoms with van der Waals surface area (Å²) in [6, 6.07) is 4.11. The van der Waals surface area contributed by atoms with E-state index in [1.54, 1.807) is 6.92 Å². The van der Waals surface area contributed by atoms with E-state index in [1.165, 1.54) is 25.0 Å². The average Bonchev–Trinajstić information content (AvgIpc) is 3.03. The standard InChI is InChI=1S/C19H28N4O2/c1-14(24)22-10-5-15(6-11-22)13-20-18(25)16-3-4-17-19(7-2-8-19)21-9-12-23(16)17/h3-4,15,21H,2,5-13H2,1H3,(H,20,25). The molecule has 2 aliphatic heterocycles. The predicted octanol–water partition coefficient (Wildman–Crippen LogP) is 1.46. The number of amides is 2. The number of hydrogen-bond donors (Lipinski definition) is 2. The number of carbonyl (C=O) groups is 2. The molecule has 136 valence electrons. The minimum atomic E-state index is 0.0385. The summed E-state index contributed by atoms with van der Waals surface area (Å²) >= 11 is 0. The lowest BCUT2D eigenvalue weighted by Gasteiger charge is -2.46. The summed E-state index contributed by atoms with van der Waals surface area (Å²) in [5.74, 6) is 0.660. The van der Waals surface area contributed by atoms with Gasteiger partial charge in [-0.1, -0.05) is 0 Å². The van der Waals surface area contributed by atoms with E-state index in [0.717, 1.165) is 44.7 Å². The zero-order valence-electron chi connectivity index (χ0n) is 15.0. The molecule has 2 fully saturated rings. The molecule has 1 aliphatic carbocycles. The molecule has 0 atom stereocenters. The first kappa shape index (κ1) is 16.6. The van der Waals surface area contributed by atoms with Crippen LogP contribution in [0.3, 0.4) is 0 Å². The second kappa shape index (κ2) is 6.48. The molecule has 3 heterocycles. The van der Waals surface area contributed by atoms with Crippen LogP contribution >= 0.6 is 0 Å². The highest BCUT2D eigenvalue weighted by atomic mass is 16.2. The highest BCUT2D eigenvalue weighted by Crippen LogP contribution is 2.43. The second-order valence-electron chi connectivity index (χ2n) is 7.78. The van der Waals surface area contributed by atoms with E-state index in [4.69, 9.17) is 0 Å². The monoisotopic (exact) mass is 344 g/mol. The molecule has 1 aromatic rings. The van der Waals surface area contributed by atoms with Crippen molar-refractivity contribution in [3.63, 3.8) is 0 Å². The Morgan fingerprint density at radius 1 is 1.24 bits per heavy atom. The highest BCUT2D eigenvalue weighted by molar-refractivity contribution is 5.93. The van der Waals surface area contributed by atoms with E-state index in [-0.39, 0.29) is 17.4 Å². The maximum atomic E-state index is 12.7. The lowest BCUT2D eigenvalue weighted by Crippen LogP contribution is -2.54. The van der Waals surface area contributed by atoms with Crippen LogP contribution in [0.25, 0.3) is 0 Å². The van der Waals surface area contributed by atoms with Crippen molar-refractivity contribution in [3.8, 4) is 0 Å². The highest BCUT2D eigenvalue weighted by Gasteiger charge is 2.43. The SMILES string of the molecule is CC(=O)N1CCC(CNC(=O)c2ccc3n2CCNC32CCC2)CC1. The lowest BCUT2D eigenvalue weighted by molar-refractivity contribution is -0.130. The van der Waals surface area contributed by atoms with Crippen LogP contribution in [0.2, 0.25) is 0 Å². The van der Waals surface area contributed by atoms with E-state index in [2.05, 4.69) is 21.3 Å². The first-order valence-electron chi connectivity index (χ1n) is 9.58. The zero-order valence-corrected chi connectivity index (χ0v) is 15.0. The Kier molecular flexibility index (Phi) is 4.31. The van der Waals surface area contributed by atoms with E-state index in [0.29, 0.717) is 12.5 Å². The average molecular weight is 344 g/mol. The van der Waals surface area contributed by atoms with Crippen molar-refractivity contribution in [2.75, 3.05) is 26.2 Å². The van der Waals surface area contributed by atoms with Crippen LogP contribution in [0.15, 0.2) is 12.1 Å². The van der Waals surface area contributed by atoms with Crippen molar-refractivity contribution in [1.29, 1.82) is 0 Å². The van der Waals surface area contributed by atoms with Crippen molar-refractivity contribution >= 4 is 11.8 Å². The normalized spacial score (nSPS) is 22.4. The fourth-order valence-electron chi connectivity index (χ4n) is 4.56. The number of nitrogens with zero attached hydrogens (tertiary/aromatic N) is 2. The third-order valence-electron chi connectivity index (χ3n) is 6.32. The molecule has 6 nitrogen and oxygen atoms in total. The van der Waals surface area contributed by atoms with Crippen LogP contribution in [0.4, 0.5) is 0 Å². The number of nitrogens with one attached hydrogen (secondary N) is 2. The van der Waals surface area contributed by atoms with Crippen molar-refractivity contribution in [2.45, 2.75) is 51.1 Å². The van der Waals surface area contributed by atoms with E-state index < -0.39 is 0 Å². The Balaban J connectivity index is 1.36. The Hall–Kier alpha value is -1.82. The molecule has 0 unspecified atom stereocenters. The molecule has 4 rings (SSSR count). The summed E-state index contributed by atoms with van der Waals surface area (Å²) in [6.45, 7) is 5.75. The molecule has 0 aromatic carbocycles. The molecule has 3 aliphatic rings. The minimum absolute atomic E-state index is 0.0385. The van der Waals surface area contributed by atoms with Crippen molar-refractivity contribution in [3.05, 3.63) is 23.5 Å². The smallest absolute Gasteiger partial charge is 0.267 e. The van der Waals surface area contributed by atoms with Crippen LogP contribution in [0.1, 0.15) is 55.2 Å². The molecular formula is C19H28N4O2. The maximum absolute atomic E-state index is 12.7. The molecule has 2 N–H and O–H groups in total. The molecule has 1 saturated carbocycles. The topological polar surface area (TPSA) is 66.4 Å². The van der Waals surface area contributed by atoms with Crippen LogP contribution in [0, 0.1) is 5.92 Å². The maximum Gasteiger partial charge on any atom is 0.267 e. The van der Waals surface area contributed by atoms with Gasteiger partial charge in [-0.2, -0.15) is 0 Å². The molecule has 1 saturated heterocycles. The largest absolute Gasteiger partial charge is 0.350 e. The third kappa shape index (κ3) is 2.97. The first-order chi connectivity index (χ1) is 12.1. The summed E-state index contributed by atoms with van der Waals surface area (Å²) in [5, 5.41) is 6.78. The van der Waals surface area contributed by atoms with Gasteiger partial charge in [0.15, 0.2) is 0 Å². The predicted molar refractivity (Wildman–Crippen MR) is 95.3 cm³/mol. The summed E-state index contributed by atoms with van der Waals surface area (Å²) in [5.41, 5.74) is 2.20. The van der Waals surface area contributed by atoms with Gasteiger partial charge in [-0.3, -0.25) is 9.59 Å². The zero-order chi connectivity index (χ0) is 17.4. The number of rotatable bonds is 3. The number of carbonyl (C=O) groups excluding carboxylic acids is 2. The van der Waals surface area contributed by atoms with Gasteiger partial charge in [-0.25, -0.2) is 0 Å².